The summed E-state index contributed by atoms with van der Waals surface area (Å²) < 4.78 is 24.2. The minimum absolute atomic E-state index is 0.256. The minimum Gasteiger partial charge on any atom is -0.207 e. The van der Waals surface area contributed by atoms with Gasteiger partial charge in [-0.05, 0) is 12.1 Å². The molecule has 0 atom stereocenters. The molecule has 0 spiro atoms. The van der Waals surface area contributed by atoms with E-state index < -0.39 is 10.0 Å². The second-order valence-corrected chi connectivity index (χ2v) is 5.01. The van der Waals surface area contributed by atoms with Gasteiger partial charge in [0.2, 0.25) is 10.0 Å². The smallest absolute Gasteiger partial charge is 0.207 e. The van der Waals surface area contributed by atoms with Crippen molar-refractivity contribution in [2.24, 2.45) is 0 Å². The molecule has 0 aliphatic carbocycles. The second kappa shape index (κ2) is 3.51. The largest absolute Gasteiger partial charge is 0.242 e. The van der Waals surface area contributed by atoms with Crippen LogP contribution in [0.5, 0.6) is 0 Å². The standard InChI is InChI=1S/C8H10BNO2S/c1-10(2)13(11,12)8-5-3-7(9)4-6-8/h3-6H,1-2H3. The maximum absolute atomic E-state index is 11.5. The molecular weight excluding hydrogens is 185 g/mol. The Hall–Kier alpha value is -0.805. The highest BCUT2D eigenvalue weighted by Crippen LogP contribution is 2.10. The van der Waals surface area contributed by atoms with Crippen LogP contribution in [0.25, 0.3) is 0 Å². The van der Waals surface area contributed by atoms with Gasteiger partial charge in [-0.25, -0.2) is 12.7 Å². The van der Waals surface area contributed by atoms with E-state index in [2.05, 4.69) is 0 Å². The van der Waals surface area contributed by atoms with E-state index in [1.54, 1.807) is 12.1 Å². The summed E-state index contributed by atoms with van der Waals surface area (Å²) in [7, 11) is 5.11. The summed E-state index contributed by atoms with van der Waals surface area (Å²) in [6, 6.07) is 6.11. The van der Waals surface area contributed by atoms with Crippen molar-refractivity contribution in [3.8, 4) is 0 Å². The summed E-state index contributed by atoms with van der Waals surface area (Å²) in [5.74, 6) is 0. The second-order valence-electron chi connectivity index (χ2n) is 2.86. The van der Waals surface area contributed by atoms with E-state index in [-0.39, 0.29) is 4.90 Å². The lowest BCUT2D eigenvalue weighted by molar-refractivity contribution is 0.521. The molecule has 0 saturated heterocycles. The Bertz CT molecular complexity index is 383. The van der Waals surface area contributed by atoms with Gasteiger partial charge in [0.15, 0.2) is 0 Å². The average Bonchev–Trinajstić information content (AvgIpc) is 2.04. The fraction of sp³-hybridized carbons (Fsp3) is 0.250. The highest BCUT2D eigenvalue weighted by molar-refractivity contribution is 7.89. The van der Waals surface area contributed by atoms with Gasteiger partial charge in [-0.1, -0.05) is 17.6 Å². The third-order valence-corrected chi connectivity index (χ3v) is 3.49. The van der Waals surface area contributed by atoms with E-state index in [4.69, 9.17) is 7.85 Å². The molecule has 13 heavy (non-hydrogen) atoms. The molecule has 0 fully saturated rings. The highest BCUT2D eigenvalue weighted by atomic mass is 32.2. The zero-order valence-corrected chi connectivity index (χ0v) is 8.38. The first-order valence-electron chi connectivity index (χ1n) is 3.72. The molecule has 0 saturated carbocycles. The van der Waals surface area contributed by atoms with Crippen LogP contribution in [0.1, 0.15) is 0 Å². The fourth-order valence-corrected chi connectivity index (χ4v) is 1.75. The van der Waals surface area contributed by atoms with Gasteiger partial charge in [0.25, 0.3) is 0 Å². The van der Waals surface area contributed by atoms with E-state index in [1.165, 1.54) is 30.5 Å². The van der Waals surface area contributed by atoms with Gasteiger partial charge in [-0.15, -0.1) is 0 Å². The molecular formula is C8H10BNO2S. The number of nitrogens with zero attached hydrogens (tertiary/aromatic N) is 1. The third-order valence-electron chi connectivity index (χ3n) is 1.66. The molecule has 68 valence electrons. The summed E-state index contributed by atoms with van der Waals surface area (Å²) in [4.78, 5) is 0.256. The van der Waals surface area contributed by atoms with Crippen molar-refractivity contribution in [2.45, 2.75) is 4.90 Å². The number of sulfonamides is 1. The van der Waals surface area contributed by atoms with Crippen molar-refractivity contribution in [1.82, 2.24) is 4.31 Å². The van der Waals surface area contributed by atoms with Crippen LogP contribution in [0.4, 0.5) is 0 Å². The first-order valence-corrected chi connectivity index (χ1v) is 5.16. The van der Waals surface area contributed by atoms with E-state index in [9.17, 15) is 8.42 Å². The van der Waals surface area contributed by atoms with Gasteiger partial charge in [-0.2, -0.15) is 0 Å². The molecule has 1 rings (SSSR count). The molecule has 0 aromatic heterocycles. The Labute approximate surface area is 79.8 Å². The SMILES string of the molecule is [B]c1ccc(S(=O)(=O)N(C)C)cc1. The van der Waals surface area contributed by atoms with Crippen LogP contribution in [0.2, 0.25) is 0 Å². The van der Waals surface area contributed by atoms with Gasteiger partial charge < -0.3 is 0 Å². The predicted octanol–water partition coefficient (Wildman–Crippen LogP) is -0.269. The highest BCUT2D eigenvalue weighted by Gasteiger charge is 2.15. The molecule has 3 nitrogen and oxygen atoms in total. The number of rotatable bonds is 2. The molecule has 0 heterocycles. The monoisotopic (exact) mass is 195 g/mol. The Morgan fingerprint density at radius 3 is 2.00 bits per heavy atom. The van der Waals surface area contributed by atoms with E-state index in [0.29, 0.717) is 5.46 Å². The van der Waals surface area contributed by atoms with Crippen LogP contribution in [0.15, 0.2) is 29.2 Å². The molecule has 1 aromatic rings. The van der Waals surface area contributed by atoms with Crippen molar-refractivity contribution in [2.75, 3.05) is 14.1 Å². The summed E-state index contributed by atoms with van der Waals surface area (Å²) in [5, 5.41) is 0. The summed E-state index contributed by atoms with van der Waals surface area (Å²) in [6.45, 7) is 0. The number of hydrogen-bond acceptors (Lipinski definition) is 2. The molecule has 0 N–H and O–H groups in total. The lowest BCUT2D eigenvalue weighted by atomic mass is 9.97. The summed E-state index contributed by atoms with van der Waals surface area (Å²) in [5.41, 5.74) is 0.553. The molecule has 2 radical (unpaired) electrons. The average molecular weight is 195 g/mol. The molecule has 0 unspecified atom stereocenters. The van der Waals surface area contributed by atoms with Crippen molar-refractivity contribution in [3.63, 3.8) is 0 Å². The Morgan fingerprint density at radius 1 is 1.15 bits per heavy atom. The zero-order valence-electron chi connectivity index (χ0n) is 7.56. The third kappa shape index (κ3) is 2.11. The van der Waals surface area contributed by atoms with Crippen LogP contribution < -0.4 is 5.46 Å². The lowest BCUT2D eigenvalue weighted by Crippen LogP contribution is -2.22. The molecule has 0 aliphatic heterocycles. The topological polar surface area (TPSA) is 37.4 Å². The van der Waals surface area contributed by atoms with Crippen LogP contribution >= 0.6 is 0 Å². The Morgan fingerprint density at radius 2 is 1.62 bits per heavy atom. The normalized spacial score (nSPS) is 11.9. The van der Waals surface area contributed by atoms with E-state index in [1.807, 2.05) is 0 Å². The van der Waals surface area contributed by atoms with Crippen molar-refractivity contribution in [3.05, 3.63) is 24.3 Å². The molecule has 0 bridgehead atoms. The van der Waals surface area contributed by atoms with Crippen molar-refractivity contribution >= 4 is 23.3 Å². The summed E-state index contributed by atoms with van der Waals surface area (Å²) in [6.07, 6.45) is 0. The first kappa shape index (κ1) is 10.3. The van der Waals surface area contributed by atoms with Gasteiger partial charge in [0.1, 0.15) is 7.85 Å². The zero-order chi connectivity index (χ0) is 10.1. The first-order chi connectivity index (χ1) is 5.94. The van der Waals surface area contributed by atoms with Crippen LogP contribution in [-0.4, -0.2) is 34.7 Å². The maximum Gasteiger partial charge on any atom is 0.242 e. The van der Waals surface area contributed by atoms with Crippen LogP contribution in [-0.2, 0) is 10.0 Å². The lowest BCUT2D eigenvalue weighted by Gasteiger charge is -2.10. The van der Waals surface area contributed by atoms with Gasteiger partial charge in [0, 0.05) is 14.1 Å². The van der Waals surface area contributed by atoms with Crippen LogP contribution in [0.3, 0.4) is 0 Å². The van der Waals surface area contributed by atoms with Crippen molar-refractivity contribution < 1.29 is 8.42 Å². The number of benzene rings is 1. The Balaban J connectivity index is 3.17. The summed E-state index contributed by atoms with van der Waals surface area (Å²) >= 11 is 0. The fourth-order valence-electron chi connectivity index (χ4n) is 0.851. The van der Waals surface area contributed by atoms with E-state index >= 15 is 0 Å². The van der Waals surface area contributed by atoms with Gasteiger partial charge in [0.05, 0.1) is 4.90 Å². The van der Waals surface area contributed by atoms with Crippen LogP contribution in [0, 0.1) is 0 Å². The molecule has 5 heteroatoms. The molecule has 1 aromatic carbocycles. The maximum atomic E-state index is 11.5. The van der Waals surface area contributed by atoms with E-state index in [0.717, 1.165) is 0 Å². The van der Waals surface area contributed by atoms with Gasteiger partial charge in [-0.3, -0.25) is 0 Å². The quantitative estimate of drug-likeness (QED) is 0.609. The Kier molecular flexibility index (Phi) is 2.78. The predicted molar refractivity (Wildman–Crippen MR) is 52.7 cm³/mol. The van der Waals surface area contributed by atoms with Gasteiger partial charge >= 0.3 is 0 Å². The number of hydrogen-bond donors (Lipinski definition) is 0. The molecule has 0 aliphatic rings. The molecule has 0 amide bonds. The minimum atomic E-state index is -3.32. The van der Waals surface area contributed by atoms with Crippen molar-refractivity contribution in [1.29, 1.82) is 0 Å².